The van der Waals surface area contributed by atoms with Gasteiger partial charge in [-0.3, -0.25) is 15.0 Å². The smallest absolute Gasteiger partial charge is 0.422 e. The lowest BCUT2D eigenvalue weighted by molar-refractivity contribution is -0.153. The van der Waals surface area contributed by atoms with E-state index in [9.17, 15) is 26.4 Å². The fraction of sp³-hybridized carbons (Fsp3) is 0.368. The quantitative estimate of drug-likeness (QED) is 0.503. The lowest BCUT2D eigenvalue weighted by Crippen LogP contribution is -2.54. The number of rotatable bonds is 6. The fourth-order valence-electron chi connectivity index (χ4n) is 3.24. The van der Waals surface area contributed by atoms with E-state index in [1.165, 1.54) is 41.9 Å². The summed E-state index contributed by atoms with van der Waals surface area (Å²) in [6.07, 6.45) is -3.59. The van der Waals surface area contributed by atoms with Gasteiger partial charge in [0.05, 0.1) is 10.6 Å². The van der Waals surface area contributed by atoms with Gasteiger partial charge >= 0.3 is 6.18 Å². The van der Waals surface area contributed by atoms with Crippen LogP contribution in [0.4, 0.5) is 13.2 Å². The standard InChI is InChI=1S/C19H19F3N2O6S/c20-19(21,22)12-30-14-3-1-13(2-4-14)16-6-5-15(11-23-16)31(27,28)18(17(25)24-26)7-9-29-10-8-18/h1-6,11,26H,7-10,12H2,(H,24,25). The summed E-state index contributed by atoms with van der Waals surface area (Å²) in [7, 11) is -4.20. The van der Waals surface area contributed by atoms with E-state index < -0.39 is 33.3 Å². The van der Waals surface area contributed by atoms with Crippen LogP contribution in [0.3, 0.4) is 0 Å². The van der Waals surface area contributed by atoms with Gasteiger partial charge in [-0.05, 0) is 49.2 Å². The summed E-state index contributed by atoms with van der Waals surface area (Å²) in [6, 6.07) is 8.37. The minimum atomic E-state index is -4.45. The Morgan fingerprint density at radius 2 is 1.81 bits per heavy atom. The van der Waals surface area contributed by atoms with Crippen LogP contribution in [0.5, 0.6) is 5.75 Å². The molecule has 2 aromatic rings. The molecule has 0 radical (unpaired) electrons. The van der Waals surface area contributed by atoms with E-state index in [0.717, 1.165) is 6.20 Å². The summed E-state index contributed by atoms with van der Waals surface area (Å²) in [5, 5.41) is 9.07. The third kappa shape index (κ3) is 4.81. The largest absolute Gasteiger partial charge is 0.484 e. The van der Waals surface area contributed by atoms with Crippen molar-refractivity contribution in [3.05, 3.63) is 42.6 Å². The zero-order chi connectivity index (χ0) is 22.7. The number of sulfone groups is 1. The number of pyridine rings is 1. The molecule has 0 aliphatic carbocycles. The predicted molar refractivity (Wildman–Crippen MR) is 101 cm³/mol. The normalized spacial score (nSPS) is 16.5. The van der Waals surface area contributed by atoms with Gasteiger partial charge in [-0.25, -0.2) is 13.9 Å². The van der Waals surface area contributed by atoms with Crippen molar-refractivity contribution >= 4 is 15.7 Å². The average Bonchev–Trinajstić information content (AvgIpc) is 2.77. The van der Waals surface area contributed by atoms with E-state index >= 15 is 0 Å². The summed E-state index contributed by atoms with van der Waals surface area (Å²) in [5.41, 5.74) is 2.33. The Balaban J connectivity index is 1.83. The van der Waals surface area contributed by atoms with Crippen molar-refractivity contribution in [2.24, 2.45) is 0 Å². The number of aromatic nitrogens is 1. The minimum absolute atomic E-state index is 0.0248. The highest BCUT2D eigenvalue weighted by molar-refractivity contribution is 7.93. The third-order valence-corrected chi connectivity index (χ3v) is 7.41. The molecule has 0 bridgehead atoms. The molecule has 1 aliphatic heterocycles. The lowest BCUT2D eigenvalue weighted by atomic mass is 9.98. The van der Waals surface area contributed by atoms with Crippen LogP contribution in [-0.4, -0.2) is 55.3 Å². The predicted octanol–water partition coefficient (Wildman–Crippen LogP) is 2.52. The molecule has 0 spiro atoms. The van der Waals surface area contributed by atoms with Crippen LogP contribution in [0, 0.1) is 0 Å². The maximum Gasteiger partial charge on any atom is 0.422 e. The molecule has 168 valence electrons. The molecule has 1 aromatic heterocycles. The fourth-order valence-corrected chi connectivity index (χ4v) is 5.13. The second-order valence-electron chi connectivity index (χ2n) is 6.86. The van der Waals surface area contributed by atoms with Gasteiger partial charge in [0, 0.05) is 25.0 Å². The number of halogens is 3. The zero-order valence-corrected chi connectivity index (χ0v) is 16.9. The molecule has 0 unspecified atom stereocenters. The van der Waals surface area contributed by atoms with Gasteiger partial charge in [0.25, 0.3) is 5.91 Å². The first-order chi connectivity index (χ1) is 14.6. The van der Waals surface area contributed by atoms with Crippen molar-refractivity contribution < 1.29 is 41.1 Å². The van der Waals surface area contributed by atoms with Crippen molar-refractivity contribution in [3.8, 4) is 17.0 Å². The SMILES string of the molecule is O=C(NO)C1(S(=O)(=O)c2ccc(-c3ccc(OCC(F)(F)F)cc3)nc2)CCOCC1. The molecular weight excluding hydrogens is 441 g/mol. The van der Waals surface area contributed by atoms with Crippen LogP contribution in [0.1, 0.15) is 12.8 Å². The number of carbonyl (C=O) groups is 1. The van der Waals surface area contributed by atoms with Gasteiger partial charge in [-0.2, -0.15) is 13.2 Å². The molecule has 2 heterocycles. The van der Waals surface area contributed by atoms with Crippen LogP contribution in [0.15, 0.2) is 47.5 Å². The maximum absolute atomic E-state index is 13.2. The van der Waals surface area contributed by atoms with E-state index in [-0.39, 0.29) is 36.7 Å². The number of amides is 1. The van der Waals surface area contributed by atoms with Gasteiger partial charge in [0.1, 0.15) is 5.75 Å². The van der Waals surface area contributed by atoms with Gasteiger partial charge in [-0.15, -0.1) is 0 Å². The van der Waals surface area contributed by atoms with Crippen molar-refractivity contribution in [1.82, 2.24) is 10.5 Å². The third-order valence-electron chi connectivity index (χ3n) is 4.93. The number of nitrogens with zero attached hydrogens (tertiary/aromatic N) is 1. The topological polar surface area (TPSA) is 115 Å². The molecule has 8 nitrogen and oxygen atoms in total. The molecule has 0 saturated carbocycles. The summed E-state index contributed by atoms with van der Waals surface area (Å²) >= 11 is 0. The highest BCUT2D eigenvalue weighted by atomic mass is 32.2. The minimum Gasteiger partial charge on any atom is -0.484 e. The molecule has 31 heavy (non-hydrogen) atoms. The summed E-state index contributed by atoms with van der Waals surface area (Å²) in [5.74, 6) is -1.01. The van der Waals surface area contributed by atoms with E-state index in [4.69, 9.17) is 9.94 Å². The highest BCUT2D eigenvalue weighted by Crippen LogP contribution is 2.35. The second kappa shape index (κ2) is 8.81. The lowest BCUT2D eigenvalue weighted by Gasteiger charge is -2.34. The molecule has 2 N–H and O–H groups in total. The number of hydrogen-bond donors (Lipinski definition) is 2. The van der Waals surface area contributed by atoms with Crippen LogP contribution < -0.4 is 10.2 Å². The van der Waals surface area contributed by atoms with Gasteiger partial charge < -0.3 is 9.47 Å². The number of benzene rings is 1. The highest BCUT2D eigenvalue weighted by Gasteiger charge is 2.52. The number of nitrogens with one attached hydrogen (secondary N) is 1. The van der Waals surface area contributed by atoms with Crippen LogP contribution >= 0.6 is 0 Å². The molecule has 1 fully saturated rings. The van der Waals surface area contributed by atoms with E-state index in [1.54, 1.807) is 0 Å². The van der Waals surface area contributed by atoms with Gasteiger partial charge in [0.15, 0.2) is 21.2 Å². The number of carbonyl (C=O) groups excluding carboxylic acids is 1. The first-order valence-electron chi connectivity index (χ1n) is 9.12. The van der Waals surface area contributed by atoms with Crippen LogP contribution in [-0.2, 0) is 19.4 Å². The van der Waals surface area contributed by atoms with Crippen LogP contribution in [0.25, 0.3) is 11.3 Å². The van der Waals surface area contributed by atoms with Gasteiger partial charge in [0.2, 0.25) is 0 Å². The summed E-state index contributed by atoms with van der Waals surface area (Å²) in [6.45, 7) is -1.33. The molecule has 1 aromatic carbocycles. The number of alkyl halides is 3. The summed E-state index contributed by atoms with van der Waals surface area (Å²) < 4.78 is 71.0. The number of hydroxylamine groups is 1. The van der Waals surface area contributed by atoms with E-state index in [2.05, 4.69) is 9.72 Å². The summed E-state index contributed by atoms with van der Waals surface area (Å²) in [4.78, 5) is 16.2. The molecular formula is C19H19F3N2O6S. The van der Waals surface area contributed by atoms with Crippen molar-refractivity contribution in [2.45, 2.75) is 28.7 Å². The van der Waals surface area contributed by atoms with Crippen LogP contribution in [0.2, 0.25) is 0 Å². The van der Waals surface area contributed by atoms with Gasteiger partial charge in [-0.1, -0.05) is 0 Å². The number of ether oxygens (including phenoxy) is 2. The zero-order valence-electron chi connectivity index (χ0n) is 16.1. The average molecular weight is 460 g/mol. The molecule has 12 heteroatoms. The Hall–Kier alpha value is -2.70. The maximum atomic E-state index is 13.2. The van der Waals surface area contributed by atoms with Crippen molar-refractivity contribution in [2.75, 3.05) is 19.8 Å². The molecule has 1 amide bonds. The Labute approximate surface area is 175 Å². The van der Waals surface area contributed by atoms with E-state index in [0.29, 0.717) is 11.3 Å². The van der Waals surface area contributed by atoms with Crippen molar-refractivity contribution in [3.63, 3.8) is 0 Å². The molecule has 1 aliphatic rings. The Morgan fingerprint density at radius 3 is 2.32 bits per heavy atom. The number of hydrogen-bond acceptors (Lipinski definition) is 7. The van der Waals surface area contributed by atoms with E-state index in [1.807, 2.05) is 0 Å². The monoisotopic (exact) mass is 460 g/mol. The Bertz CT molecular complexity index is 1020. The Kier molecular flexibility index (Phi) is 6.53. The second-order valence-corrected chi connectivity index (χ2v) is 9.12. The Morgan fingerprint density at radius 1 is 1.16 bits per heavy atom. The molecule has 3 rings (SSSR count). The van der Waals surface area contributed by atoms with Crippen molar-refractivity contribution in [1.29, 1.82) is 0 Å². The molecule has 1 saturated heterocycles. The first kappa shape index (κ1) is 23.0. The first-order valence-corrected chi connectivity index (χ1v) is 10.6. The molecule has 0 atom stereocenters.